The van der Waals surface area contributed by atoms with Crippen LogP contribution in [0.2, 0.25) is 0 Å². The van der Waals surface area contributed by atoms with Crippen LogP contribution in [0.3, 0.4) is 0 Å². The molecule has 0 heterocycles. The predicted molar refractivity (Wildman–Crippen MR) is 86.0 cm³/mol. The molecule has 0 spiro atoms. The Hall–Kier alpha value is -2.22. The van der Waals surface area contributed by atoms with Gasteiger partial charge in [0.05, 0.1) is 13.0 Å². The Bertz CT molecular complexity index is 690. The van der Waals surface area contributed by atoms with Crippen LogP contribution >= 0.6 is 15.9 Å². The quantitative estimate of drug-likeness (QED) is 0.756. The van der Waals surface area contributed by atoms with Gasteiger partial charge in [0.2, 0.25) is 5.91 Å². The van der Waals surface area contributed by atoms with Crippen molar-refractivity contribution in [2.24, 2.45) is 0 Å². The molecule has 1 N–H and O–H groups in total. The van der Waals surface area contributed by atoms with Crippen LogP contribution in [0.25, 0.3) is 0 Å². The Kier molecular flexibility index (Phi) is 6.08. The average molecular weight is 404 g/mol. The number of carbonyl (C=O) groups excluding carboxylic acids is 1. The van der Waals surface area contributed by atoms with E-state index >= 15 is 0 Å². The van der Waals surface area contributed by atoms with E-state index < -0.39 is 12.1 Å². The molecule has 0 aromatic heterocycles. The van der Waals surface area contributed by atoms with E-state index in [-0.39, 0.29) is 24.6 Å². The third-order valence-electron chi connectivity index (χ3n) is 2.76. The molecule has 0 saturated heterocycles. The fourth-order valence-corrected chi connectivity index (χ4v) is 2.05. The Morgan fingerprint density at radius 2 is 1.79 bits per heavy atom. The van der Waals surface area contributed by atoms with Crippen LogP contribution in [0.4, 0.5) is 18.9 Å². The fraction of sp³-hybridized carbons (Fsp3) is 0.188. The van der Waals surface area contributed by atoms with Crippen molar-refractivity contribution in [2.75, 3.05) is 11.9 Å². The summed E-state index contributed by atoms with van der Waals surface area (Å²) in [7, 11) is 0. The van der Waals surface area contributed by atoms with Gasteiger partial charge in [-0.1, -0.05) is 22.0 Å². The Morgan fingerprint density at radius 1 is 1.08 bits per heavy atom. The first-order valence-electron chi connectivity index (χ1n) is 6.86. The van der Waals surface area contributed by atoms with Gasteiger partial charge in [-0.05, 0) is 36.4 Å². The lowest BCUT2D eigenvalue weighted by Gasteiger charge is -2.11. The van der Waals surface area contributed by atoms with Crippen molar-refractivity contribution in [3.05, 3.63) is 53.0 Å². The highest BCUT2D eigenvalue weighted by Crippen LogP contribution is 2.25. The Balaban J connectivity index is 1.81. The summed E-state index contributed by atoms with van der Waals surface area (Å²) in [6, 6.07) is 12.2. The number of benzene rings is 2. The minimum atomic E-state index is -4.78. The largest absolute Gasteiger partial charge is 0.573 e. The first kappa shape index (κ1) is 18.1. The minimum Gasteiger partial charge on any atom is -0.493 e. The highest BCUT2D eigenvalue weighted by atomic mass is 79.9. The molecule has 0 aliphatic carbocycles. The first-order chi connectivity index (χ1) is 11.3. The van der Waals surface area contributed by atoms with Gasteiger partial charge in [-0.15, -0.1) is 13.2 Å². The summed E-state index contributed by atoms with van der Waals surface area (Å²) in [5.41, 5.74) is 0.213. The van der Waals surface area contributed by atoms with Crippen LogP contribution in [0.15, 0.2) is 53.0 Å². The van der Waals surface area contributed by atoms with Crippen molar-refractivity contribution in [3.8, 4) is 11.5 Å². The van der Waals surface area contributed by atoms with Gasteiger partial charge in [-0.3, -0.25) is 4.79 Å². The number of halogens is 4. The van der Waals surface area contributed by atoms with Gasteiger partial charge in [0, 0.05) is 16.2 Å². The number of carbonyl (C=O) groups is 1. The van der Waals surface area contributed by atoms with Crippen molar-refractivity contribution in [1.29, 1.82) is 0 Å². The average Bonchev–Trinajstić information content (AvgIpc) is 2.48. The van der Waals surface area contributed by atoms with E-state index in [4.69, 9.17) is 4.74 Å². The zero-order valence-electron chi connectivity index (χ0n) is 12.3. The van der Waals surface area contributed by atoms with Crippen LogP contribution < -0.4 is 14.8 Å². The summed E-state index contributed by atoms with van der Waals surface area (Å²) in [6.45, 7) is 0.145. The molecule has 0 aliphatic heterocycles. The van der Waals surface area contributed by atoms with Gasteiger partial charge in [0.15, 0.2) is 0 Å². The number of amides is 1. The van der Waals surface area contributed by atoms with Crippen molar-refractivity contribution in [1.82, 2.24) is 0 Å². The van der Waals surface area contributed by atoms with Crippen LogP contribution in [0, 0.1) is 0 Å². The van der Waals surface area contributed by atoms with E-state index in [9.17, 15) is 18.0 Å². The second kappa shape index (κ2) is 8.05. The normalized spacial score (nSPS) is 11.0. The number of rotatable bonds is 6. The van der Waals surface area contributed by atoms with Crippen LogP contribution in [0.1, 0.15) is 6.42 Å². The fourth-order valence-electron chi connectivity index (χ4n) is 1.79. The van der Waals surface area contributed by atoms with E-state index in [0.717, 1.165) is 16.6 Å². The Morgan fingerprint density at radius 3 is 2.46 bits per heavy atom. The SMILES string of the molecule is O=C(CCOc1ccc(Br)cc1)Nc1cccc(OC(F)(F)F)c1. The highest BCUT2D eigenvalue weighted by molar-refractivity contribution is 9.10. The molecule has 0 radical (unpaired) electrons. The van der Waals surface area contributed by atoms with Gasteiger partial charge in [-0.2, -0.15) is 0 Å². The predicted octanol–water partition coefficient (Wildman–Crippen LogP) is 4.76. The molecule has 2 rings (SSSR count). The molecule has 2 aromatic carbocycles. The smallest absolute Gasteiger partial charge is 0.493 e. The van der Waals surface area contributed by atoms with E-state index in [1.54, 1.807) is 12.1 Å². The van der Waals surface area contributed by atoms with E-state index in [1.165, 1.54) is 12.1 Å². The zero-order chi connectivity index (χ0) is 17.6. The Labute approximate surface area is 144 Å². The van der Waals surface area contributed by atoms with Crippen LogP contribution in [-0.2, 0) is 4.79 Å². The summed E-state index contributed by atoms with van der Waals surface area (Å²) in [5.74, 6) is -0.158. The van der Waals surface area contributed by atoms with Gasteiger partial charge in [-0.25, -0.2) is 0 Å². The summed E-state index contributed by atoms with van der Waals surface area (Å²) in [6.07, 6.45) is -4.72. The second-order valence-electron chi connectivity index (χ2n) is 4.68. The summed E-state index contributed by atoms with van der Waals surface area (Å²) < 4.78 is 46.6. The molecule has 0 fully saturated rings. The molecule has 8 heteroatoms. The summed E-state index contributed by atoms with van der Waals surface area (Å²) in [4.78, 5) is 11.8. The molecular weight excluding hydrogens is 391 g/mol. The molecule has 128 valence electrons. The lowest BCUT2D eigenvalue weighted by molar-refractivity contribution is -0.274. The standard InChI is InChI=1S/C16H13BrF3NO3/c17-11-4-6-13(7-5-11)23-9-8-15(22)21-12-2-1-3-14(10-12)24-16(18,19)20/h1-7,10H,8-9H2,(H,21,22). The van der Waals surface area contributed by atoms with E-state index in [0.29, 0.717) is 5.75 Å². The number of ether oxygens (including phenoxy) is 2. The van der Waals surface area contributed by atoms with Crippen molar-refractivity contribution in [3.63, 3.8) is 0 Å². The minimum absolute atomic E-state index is 0.0560. The number of nitrogens with one attached hydrogen (secondary N) is 1. The summed E-state index contributed by atoms with van der Waals surface area (Å²) in [5, 5.41) is 2.49. The van der Waals surface area contributed by atoms with Crippen LogP contribution in [-0.4, -0.2) is 18.9 Å². The maximum Gasteiger partial charge on any atom is 0.573 e. The van der Waals surface area contributed by atoms with Crippen molar-refractivity contribution in [2.45, 2.75) is 12.8 Å². The molecule has 4 nitrogen and oxygen atoms in total. The van der Waals surface area contributed by atoms with Gasteiger partial charge in [0.25, 0.3) is 0 Å². The van der Waals surface area contributed by atoms with E-state index in [1.807, 2.05) is 12.1 Å². The molecule has 1 amide bonds. The highest BCUT2D eigenvalue weighted by Gasteiger charge is 2.31. The van der Waals surface area contributed by atoms with Gasteiger partial charge < -0.3 is 14.8 Å². The van der Waals surface area contributed by atoms with Gasteiger partial charge in [0.1, 0.15) is 11.5 Å². The zero-order valence-corrected chi connectivity index (χ0v) is 13.9. The third-order valence-corrected chi connectivity index (χ3v) is 3.29. The molecule has 0 aliphatic rings. The third kappa shape index (κ3) is 6.49. The number of hydrogen-bond acceptors (Lipinski definition) is 3. The number of anilines is 1. The molecule has 0 atom stereocenters. The summed E-state index contributed by atoms with van der Waals surface area (Å²) >= 11 is 3.30. The number of alkyl halides is 3. The topological polar surface area (TPSA) is 47.6 Å². The molecule has 24 heavy (non-hydrogen) atoms. The maximum absolute atomic E-state index is 12.2. The van der Waals surface area contributed by atoms with E-state index in [2.05, 4.69) is 26.0 Å². The second-order valence-corrected chi connectivity index (χ2v) is 5.59. The number of hydrogen-bond donors (Lipinski definition) is 1. The monoisotopic (exact) mass is 403 g/mol. The lowest BCUT2D eigenvalue weighted by Crippen LogP contribution is -2.18. The molecule has 0 saturated carbocycles. The molecular formula is C16H13BrF3NO3. The van der Waals surface area contributed by atoms with Crippen molar-refractivity contribution < 1.29 is 27.4 Å². The van der Waals surface area contributed by atoms with Gasteiger partial charge >= 0.3 is 6.36 Å². The molecule has 0 unspecified atom stereocenters. The maximum atomic E-state index is 12.2. The lowest BCUT2D eigenvalue weighted by atomic mass is 10.3. The van der Waals surface area contributed by atoms with Crippen LogP contribution in [0.5, 0.6) is 11.5 Å². The molecule has 0 bridgehead atoms. The van der Waals surface area contributed by atoms with Crippen molar-refractivity contribution >= 4 is 27.5 Å². The first-order valence-corrected chi connectivity index (χ1v) is 7.65. The molecule has 2 aromatic rings.